The van der Waals surface area contributed by atoms with Gasteiger partial charge in [0.25, 0.3) is 0 Å². The maximum absolute atomic E-state index is 12.8. The van der Waals surface area contributed by atoms with Gasteiger partial charge < -0.3 is 14.2 Å². The molecule has 1 atom stereocenters. The van der Waals surface area contributed by atoms with Crippen molar-refractivity contribution in [3.05, 3.63) is 97.2 Å². The van der Waals surface area contributed by atoms with Gasteiger partial charge in [-0.1, -0.05) is 234 Å². The van der Waals surface area contributed by atoms with Gasteiger partial charge in [0.1, 0.15) is 13.2 Å². The van der Waals surface area contributed by atoms with E-state index in [1.165, 1.54) is 103 Å². The number of allylic oxidation sites excluding steroid dienone is 16. The smallest absolute Gasteiger partial charge is 0.306 e. The summed E-state index contributed by atoms with van der Waals surface area (Å²) in [5.74, 6) is -0.997. The molecule has 370 valence electrons. The highest BCUT2D eigenvalue weighted by atomic mass is 16.6. The molecule has 0 aliphatic rings. The molecule has 0 amide bonds. The van der Waals surface area contributed by atoms with Crippen molar-refractivity contribution in [2.75, 3.05) is 13.2 Å². The summed E-state index contributed by atoms with van der Waals surface area (Å²) >= 11 is 0. The fraction of sp³-hybridized carbons (Fsp3) is 0.678. The molecule has 0 aliphatic heterocycles. The largest absolute Gasteiger partial charge is 0.462 e. The van der Waals surface area contributed by atoms with Gasteiger partial charge in [0.2, 0.25) is 0 Å². The van der Waals surface area contributed by atoms with Crippen LogP contribution in [-0.4, -0.2) is 37.2 Å². The van der Waals surface area contributed by atoms with Crippen molar-refractivity contribution >= 4 is 17.9 Å². The maximum atomic E-state index is 12.8. The van der Waals surface area contributed by atoms with Crippen LogP contribution in [0.5, 0.6) is 0 Å². The van der Waals surface area contributed by atoms with Crippen molar-refractivity contribution < 1.29 is 28.6 Å². The molecule has 0 heterocycles. The quantitative estimate of drug-likeness (QED) is 0.0262. The summed E-state index contributed by atoms with van der Waals surface area (Å²) in [4.78, 5) is 38.0. The topological polar surface area (TPSA) is 78.9 Å². The Labute approximate surface area is 400 Å². The van der Waals surface area contributed by atoms with Crippen molar-refractivity contribution in [3.63, 3.8) is 0 Å². The first kappa shape index (κ1) is 61.3. The predicted octanol–water partition coefficient (Wildman–Crippen LogP) is 17.8. The molecule has 6 nitrogen and oxygen atoms in total. The minimum atomic E-state index is -0.818. The predicted molar refractivity (Wildman–Crippen MR) is 279 cm³/mol. The number of hydrogen-bond acceptors (Lipinski definition) is 6. The molecule has 65 heavy (non-hydrogen) atoms. The van der Waals surface area contributed by atoms with Crippen LogP contribution in [0.15, 0.2) is 97.2 Å². The molecule has 0 radical (unpaired) electrons. The Hall–Kier alpha value is -3.67. The normalized spacial score (nSPS) is 12.8. The van der Waals surface area contributed by atoms with E-state index in [-0.39, 0.29) is 31.6 Å². The fourth-order valence-corrected chi connectivity index (χ4v) is 7.15. The van der Waals surface area contributed by atoms with E-state index in [0.717, 1.165) is 89.9 Å². The second-order valence-electron chi connectivity index (χ2n) is 17.4. The van der Waals surface area contributed by atoms with Gasteiger partial charge in [-0.3, -0.25) is 14.4 Å². The van der Waals surface area contributed by atoms with E-state index in [1.54, 1.807) is 0 Å². The fourth-order valence-electron chi connectivity index (χ4n) is 7.15. The second kappa shape index (κ2) is 52.9. The first-order chi connectivity index (χ1) is 32.0. The molecule has 1 unspecified atom stereocenters. The van der Waals surface area contributed by atoms with Crippen LogP contribution in [0.2, 0.25) is 0 Å². The van der Waals surface area contributed by atoms with Crippen LogP contribution in [0, 0.1) is 0 Å². The van der Waals surface area contributed by atoms with Gasteiger partial charge in [-0.25, -0.2) is 0 Å². The molecule has 0 aromatic heterocycles. The van der Waals surface area contributed by atoms with Crippen molar-refractivity contribution in [2.45, 2.75) is 245 Å². The zero-order chi connectivity index (χ0) is 47.2. The lowest BCUT2D eigenvalue weighted by atomic mass is 10.0. The number of ether oxygens (including phenoxy) is 3. The van der Waals surface area contributed by atoms with Gasteiger partial charge in [0, 0.05) is 19.3 Å². The molecule has 0 bridgehead atoms. The lowest BCUT2D eigenvalue weighted by Crippen LogP contribution is -2.30. The second-order valence-corrected chi connectivity index (χ2v) is 17.4. The van der Waals surface area contributed by atoms with Crippen LogP contribution in [0.1, 0.15) is 239 Å². The number of hydrogen-bond donors (Lipinski definition) is 0. The Morgan fingerprint density at radius 2 is 0.631 bits per heavy atom. The summed E-state index contributed by atoms with van der Waals surface area (Å²) in [6.45, 7) is 6.34. The lowest BCUT2D eigenvalue weighted by Gasteiger charge is -2.18. The molecule has 6 heteroatoms. The Morgan fingerprint density at radius 3 is 1.00 bits per heavy atom. The Morgan fingerprint density at radius 1 is 0.323 bits per heavy atom. The highest BCUT2D eigenvalue weighted by Gasteiger charge is 2.19. The highest BCUT2D eigenvalue weighted by molar-refractivity contribution is 5.71. The number of carbonyl (C=O) groups is 3. The van der Waals surface area contributed by atoms with E-state index in [4.69, 9.17) is 14.2 Å². The Balaban J connectivity index is 4.46. The number of carbonyl (C=O) groups excluding carboxylic acids is 3. The average Bonchev–Trinajstić information content (AvgIpc) is 3.30. The van der Waals surface area contributed by atoms with Gasteiger partial charge in [0.05, 0.1) is 0 Å². The molecule has 0 spiro atoms. The maximum Gasteiger partial charge on any atom is 0.306 e. The highest BCUT2D eigenvalue weighted by Crippen LogP contribution is 2.15. The van der Waals surface area contributed by atoms with E-state index in [1.807, 2.05) is 12.2 Å². The van der Waals surface area contributed by atoms with Crippen LogP contribution in [0.25, 0.3) is 0 Å². The van der Waals surface area contributed by atoms with E-state index in [2.05, 4.69) is 106 Å². The molecule has 0 aromatic rings. The molecule has 0 aromatic carbocycles. The van der Waals surface area contributed by atoms with Crippen LogP contribution in [0.4, 0.5) is 0 Å². The minimum absolute atomic E-state index is 0.108. The standard InChI is InChI=1S/C59H98O6/c1-4-7-10-13-16-19-22-25-27-29-30-31-33-34-37-40-43-46-49-52-58(61)64-55-56(54-63-57(60)51-48-45-42-39-36-24-21-18-15-12-9-6-3)65-59(62)53-50-47-44-41-38-35-32-28-26-23-20-17-14-11-8-5-2/h7-8,10-11,16-17,19-20,25-28,35,38,44,47,56H,4-6,9,12-15,18,21-24,29-34,36-37,39-43,45-46,48-55H2,1-3H3/b10-7-,11-8-,19-16-,20-17-,27-25-,28-26-,38-35-,47-44-. The van der Waals surface area contributed by atoms with Crippen molar-refractivity contribution in [1.82, 2.24) is 0 Å². The third kappa shape index (κ3) is 51.2. The van der Waals surface area contributed by atoms with Crippen LogP contribution in [-0.2, 0) is 28.6 Å². The van der Waals surface area contributed by atoms with E-state index < -0.39 is 12.1 Å². The van der Waals surface area contributed by atoms with Crippen molar-refractivity contribution in [1.29, 1.82) is 0 Å². The summed E-state index contributed by atoms with van der Waals surface area (Å²) in [5, 5.41) is 0. The zero-order valence-corrected chi connectivity index (χ0v) is 42.2. The zero-order valence-electron chi connectivity index (χ0n) is 42.2. The Bertz CT molecular complexity index is 1310. The van der Waals surface area contributed by atoms with Gasteiger partial charge in [-0.05, 0) is 83.5 Å². The van der Waals surface area contributed by atoms with Crippen LogP contribution in [0.3, 0.4) is 0 Å². The molecule has 0 N–H and O–H groups in total. The van der Waals surface area contributed by atoms with Gasteiger partial charge in [0.15, 0.2) is 6.10 Å². The summed E-state index contributed by atoms with van der Waals surface area (Å²) < 4.78 is 16.7. The van der Waals surface area contributed by atoms with Crippen molar-refractivity contribution in [3.8, 4) is 0 Å². The van der Waals surface area contributed by atoms with Gasteiger partial charge in [-0.15, -0.1) is 0 Å². The van der Waals surface area contributed by atoms with E-state index in [9.17, 15) is 14.4 Å². The first-order valence-electron chi connectivity index (χ1n) is 26.7. The third-order valence-electron chi connectivity index (χ3n) is 11.1. The molecule has 0 rings (SSSR count). The van der Waals surface area contributed by atoms with Crippen molar-refractivity contribution in [2.24, 2.45) is 0 Å². The number of rotatable bonds is 47. The lowest BCUT2D eigenvalue weighted by molar-refractivity contribution is -0.166. The molecule has 0 saturated carbocycles. The molecule has 0 saturated heterocycles. The van der Waals surface area contributed by atoms with E-state index in [0.29, 0.717) is 19.3 Å². The third-order valence-corrected chi connectivity index (χ3v) is 11.1. The Kier molecular flexibility index (Phi) is 50.0. The van der Waals surface area contributed by atoms with Gasteiger partial charge in [-0.2, -0.15) is 0 Å². The van der Waals surface area contributed by atoms with Crippen LogP contribution < -0.4 is 0 Å². The molecular formula is C59H98O6. The molecule has 0 fully saturated rings. The SMILES string of the molecule is CC/C=C\C/C=C\C/C=C\C/C=C\C/C=C\CCC(=O)OC(COC(=O)CCCCCCCCCCC/C=C\C/C=C\C/C=C\CC)COC(=O)CCCCCCCCCCCCCC. The first-order valence-corrected chi connectivity index (χ1v) is 26.7. The number of unbranched alkanes of at least 4 members (excludes halogenated alkanes) is 20. The summed E-state index contributed by atoms with van der Waals surface area (Å²) in [6.07, 6.45) is 69.8. The number of esters is 3. The summed E-state index contributed by atoms with van der Waals surface area (Å²) in [7, 11) is 0. The summed E-state index contributed by atoms with van der Waals surface area (Å²) in [5.41, 5.74) is 0. The molecular weight excluding hydrogens is 805 g/mol. The molecule has 0 aliphatic carbocycles. The van der Waals surface area contributed by atoms with E-state index >= 15 is 0 Å². The average molecular weight is 903 g/mol. The monoisotopic (exact) mass is 903 g/mol. The van der Waals surface area contributed by atoms with Crippen LogP contribution >= 0.6 is 0 Å². The van der Waals surface area contributed by atoms with Gasteiger partial charge >= 0.3 is 17.9 Å². The summed E-state index contributed by atoms with van der Waals surface area (Å²) in [6, 6.07) is 0. The minimum Gasteiger partial charge on any atom is -0.462 e.